The maximum Gasteiger partial charge on any atom is 0.191 e. The van der Waals surface area contributed by atoms with Crippen molar-refractivity contribution in [1.82, 2.24) is 20.2 Å². The number of guanidine groups is 1. The van der Waals surface area contributed by atoms with Gasteiger partial charge >= 0.3 is 0 Å². The van der Waals surface area contributed by atoms with Crippen LogP contribution < -0.4 is 10.6 Å². The monoisotopic (exact) mass is 353 g/mol. The summed E-state index contributed by atoms with van der Waals surface area (Å²) in [5.41, 5.74) is 2.47. The predicted molar refractivity (Wildman–Crippen MR) is 102 cm³/mol. The topological polar surface area (TPSA) is 63.5 Å². The Labute approximate surface area is 154 Å². The van der Waals surface area contributed by atoms with Crippen molar-refractivity contribution < 1.29 is 4.74 Å². The third-order valence-corrected chi connectivity index (χ3v) is 5.11. The Morgan fingerprint density at radius 2 is 2.27 bits per heavy atom. The van der Waals surface area contributed by atoms with Crippen LogP contribution in [0.5, 0.6) is 0 Å². The van der Waals surface area contributed by atoms with Gasteiger partial charge < -0.3 is 19.9 Å². The van der Waals surface area contributed by atoms with Crippen molar-refractivity contribution in [3.63, 3.8) is 0 Å². The van der Waals surface area contributed by atoms with Crippen LogP contribution in [-0.4, -0.2) is 40.3 Å². The highest BCUT2D eigenvalue weighted by Crippen LogP contribution is 2.34. The van der Waals surface area contributed by atoms with Gasteiger partial charge in [0.1, 0.15) is 0 Å². The number of hydrogen-bond donors (Lipinski definition) is 2. The van der Waals surface area contributed by atoms with Gasteiger partial charge in [-0.15, -0.1) is 0 Å². The lowest BCUT2D eigenvalue weighted by atomic mass is 9.96. The van der Waals surface area contributed by atoms with Crippen molar-refractivity contribution in [3.05, 3.63) is 54.1 Å². The summed E-state index contributed by atoms with van der Waals surface area (Å²) in [5.74, 6) is 0.883. The molecule has 3 unspecified atom stereocenters. The van der Waals surface area contributed by atoms with Crippen molar-refractivity contribution in [2.75, 3.05) is 6.54 Å². The van der Waals surface area contributed by atoms with Crippen LogP contribution in [0.3, 0.4) is 0 Å². The van der Waals surface area contributed by atoms with E-state index < -0.39 is 0 Å². The minimum atomic E-state index is 0.349. The van der Waals surface area contributed by atoms with Gasteiger partial charge in [0.05, 0.1) is 31.1 Å². The summed E-state index contributed by atoms with van der Waals surface area (Å²) in [5, 5.41) is 6.93. The molecule has 0 aliphatic carbocycles. The number of nitrogens with one attached hydrogen (secondary N) is 2. The summed E-state index contributed by atoms with van der Waals surface area (Å²) in [6.45, 7) is 4.45. The summed E-state index contributed by atoms with van der Waals surface area (Å²) in [6, 6.07) is 8.97. The Hall–Kier alpha value is -2.34. The van der Waals surface area contributed by atoms with Crippen molar-refractivity contribution in [2.24, 2.45) is 4.99 Å². The number of aromatic nitrogens is 2. The van der Waals surface area contributed by atoms with E-state index in [0.29, 0.717) is 24.8 Å². The largest absolute Gasteiger partial charge is 0.373 e. The van der Waals surface area contributed by atoms with E-state index in [9.17, 15) is 0 Å². The van der Waals surface area contributed by atoms with Crippen LogP contribution in [-0.2, 0) is 17.8 Å². The van der Waals surface area contributed by atoms with Crippen molar-refractivity contribution in [1.29, 1.82) is 0 Å². The molecule has 6 heteroatoms. The molecule has 138 valence electrons. The van der Waals surface area contributed by atoms with Gasteiger partial charge in [0, 0.05) is 25.5 Å². The summed E-state index contributed by atoms with van der Waals surface area (Å²) in [7, 11) is 0. The van der Waals surface area contributed by atoms with Gasteiger partial charge in [-0.2, -0.15) is 0 Å². The summed E-state index contributed by atoms with van der Waals surface area (Å²) in [4.78, 5) is 8.89. The highest BCUT2D eigenvalue weighted by atomic mass is 16.5. The Kier molecular flexibility index (Phi) is 5.20. The fourth-order valence-electron chi connectivity index (χ4n) is 3.87. The van der Waals surface area contributed by atoms with E-state index in [4.69, 9.17) is 9.73 Å². The molecule has 2 fully saturated rings. The third-order valence-electron chi connectivity index (χ3n) is 5.11. The first-order valence-electron chi connectivity index (χ1n) is 9.54. The lowest BCUT2D eigenvalue weighted by molar-refractivity contribution is 0.0992. The number of fused-ring (bicyclic) bond motifs is 2. The number of benzene rings is 1. The normalized spacial score (nSPS) is 24.8. The van der Waals surface area contributed by atoms with E-state index >= 15 is 0 Å². The second-order valence-corrected chi connectivity index (χ2v) is 7.11. The molecule has 1 aromatic carbocycles. The Morgan fingerprint density at radius 1 is 1.35 bits per heavy atom. The Balaban J connectivity index is 1.39. The maximum atomic E-state index is 5.94. The highest BCUT2D eigenvalue weighted by Gasteiger charge is 2.41. The smallest absolute Gasteiger partial charge is 0.191 e. The number of imidazole rings is 1. The first-order chi connectivity index (χ1) is 12.8. The van der Waals surface area contributed by atoms with Gasteiger partial charge in [0.15, 0.2) is 5.96 Å². The van der Waals surface area contributed by atoms with Gasteiger partial charge in [-0.25, -0.2) is 9.98 Å². The molecule has 1 aromatic heterocycles. The molecule has 26 heavy (non-hydrogen) atoms. The molecule has 0 amide bonds. The quantitative estimate of drug-likeness (QED) is 0.618. The average molecular weight is 353 g/mol. The van der Waals surface area contributed by atoms with Gasteiger partial charge in [0.2, 0.25) is 0 Å². The minimum Gasteiger partial charge on any atom is -0.373 e. The molecule has 0 spiro atoms. The fraction of sp³-hybridized carbons (Fsp3) is 0.500. The number of nitrogens with zero attached hydrogens (tertiary/aromatic N) is 3. The lowest BCUT2D eigenvalue weighted by Crippen LogP contribution is -2.47. The van der Waals surface area contributed by atoms with Crippen LogP contribution in [0.4, 0.5) is 0 Å². The zero-order valence-corrected chi connectivity index (χ0v) is 15.3. The summed E-state index contributed by atoms with van der Waals surface area (Å²) < 4.78 is 8.01. The van der Waals surface area contributed by atoms with Crippen LogP contribution >= 0.6 is 0 Å². The van der Waals surface area contributed by atoms with Crippen molar-refractivity contribution in [2.45, 2.75) is 57.5 Å². The second-order valence-electron chi connectivity index (χ2n) is 7.11. The molecule has 2 bridgehead atoms. The SMILES string of the molecule is CCNC(=NCc1cccc(Cn2ccnc2)c1)NC1CC2CCC1O2. The zero-order valence-electron chi connectivity index (χ0n) is 15.3. The molecular formula is C20H27N5O. The zero-order chi connectivity index (χ0) is 17.8. The fourth-order valence-corrected chi connectivity index (χ4v) is 3.87. The molecule has 2 N–H and O–H groups in total. The first-order valence-corrected chi connectivity index (χ1v) is 9.54. The van der Waals surface area contributed by atoms with Crippen LogP contribution in [0.25, 0.3) is 0 Å². The third kappa shape index (κ3) is 4.07. The lowest BCUT2D eigenvalue weighted by Gasteiger charge is -2.22. The van der Waals surface area contributed by atoms with Gasteiger partial charge in [0.25, 0.3) is 0 Å². The standard InChI is InChI=1S/C20H27N5O/c1-2-22-20(24-18-11-17-6-7-19(18)26-17)23-12-15-4-3-5-16(10-15)13-25-9-8-21-14-25/h3-5,8-10,14,17-19H,2,6-7,11-13H2,1H3,(H2,22,23,24). The molecule has 3 heterocycles. The number of aliphatic imine (C=N–C) groups is 1. The van der Waals surface area contributed by atoms with Crippen LogP contribution in [0.2, 0.25) is 0 Å². The first kappa shape index (κ1) is 17.1. The number of ether oxygens (including phenoxy) is 1. The maximum absolute atomic E-state index is 5.94. The molecule has 3 atom stereocenters. The molecule has 2 saturated heterocycles. The molecule has 6 nitrogen and oxygen atoms in total. The highest BCUT2D eigenvalue weighted by molar-refractivity contribution is 5.80. The van der Waals surface area contributed by atoms with Gasteiger partial charge in [-0.3, -0.25) is 0 Å². The Bertz CT molecular complexity index is 742. The van der Waals surface area contributed by atoms with Gasteiger partial charge in [-0.1, -0.05) is 24.3 Å². The molecule has 0 radical (unpaired) electrons. The average Bonchev–Trinajstić information content (AvgIpc) is 3.39. The number of hydrogen-bond acceptors (Lipinski definition) is 3. The Morgan fingerprint density at radius 3 is 3.00 bits per heavy atom. The molecule has 2 aliphatic rings. The molecule has 0 saturated carbocycles. The summed E-state index contributed by atoms with van der Waals surface area (Å²) >= 11 is 0. The van der Waals surface area contributed by atoms with Gasteiger partial charge in [-0.05, 0) is 37.3 Å². The van der Waals surface area contributed by atoms with Crippen molar-refractivity contribution in [3.8, 4) is 0 Å². The summed E-state index contributed by atoms with van der Waals surface area (Å²) in [6.07, 6.45) is 9.89. The molecule has 2 aliphatic heterocycles. The molecular weight excluding hydrogens is 326 g/mol. The predicted octanol–water partition coefficient (Wildman–Crippen LogP) is 2.31. The van der Waals surface area contributed by atoms with E-state index in [1.807, 2.05) is 18.7 Å². The van der Waals surface area contributed by atoms with E-state index in [1.54, 1.807) is 0 Å². The van der Waals surface area contributed by atoms with Crippen LogP contribution in [0.15, 0.2) is 48.0 Å². The van der Waals surface area contributed by atoms with Crippen LogP contribution in [0.1, 0.15) is 37.3 Å². The van der Waals surface area contributed by atoms with E-state index in [0.717, 1.165) is 31.9 Å². The van der Waals surface area contributed by atoms with Crippen LogP contribution in [0, 0.1) is 0 Å². The van der Waals surface area contributed by atoms with E-state index in [-0.39, 0.29) is 0 Å². The molecule has 4 rings (SSSR count). The minimum absolute atomic E-state index is 0.349. The van der Waals surface area contributed by atoms with Crippen molar-refractivity contribution >= 4 is 5.96 Å². The number of rotatable bonds is 6. The van der Waals surface area contributed by atoms with E-state index in [2.05, 4.69) is 51.4 Å². The second kappa shape index (κ2) is 7.91. The molecule has 2 aromatic rings. The van der Waals surface area contributed by atoms with E-state index in [1.165, 1.54) is 17.5 Å².